The zero-order valence-corrected chi connectivity index (χ0v) is 13.0. The number of hydrogen-bond acceptors (Lipinski definition) is 3. The third kappa shape index (κ3) is 4.73. The molecule has 1 saturated carbocycles. The van der Waals surface area contributed by atoms with Crippen LogP contribution in [0.15, 0.2) is 0 Å². The fourth-order valence-corrected chi connectivity index (χ4v) is 3.10. The molecular formula is C16H32N2O. The van der Waals surface area contributed by atoms with Crippen molar-refractivity contribution in [1.29, 1.82) is 0 Å². The van der Waals surface area contributed by atoms with Crippen LogP contribution in [0.3, 0.4) is 0 Å². The Kier molecular flexibility index (Phi) is 5.27. The van der Waals surface area contributed by atoms with E-state index in [4.69, 9.17) is 0 Å². The van der Waals surface area contributed by atoms with Crippen LogP contribution in [-0.4, -0.2) is 48.3 Å². The summed E-state index contributed by atoms with van der Waals surface area (Å²) in [5.41, 5.74) is 0.403. The Bertz CT molecular complexity index is 270. The van der Waals surface area contributed by atoms with Crippen LogP contribution in [-0.2, 0) is 0 Å². The summed E-state index contributed by atoms with van der Waals surface area (Å²) in [6.45, 7) is 11.4. The average Bonchev–Trinajstić information content (AvgIpc) is 3.21. The second-order valence-corrected chi connectivity index (χ2v) is 7.17. The van der Waals surface area contributed by atoms with Gasteiger partial charge in [0.25, 0.3) is 0 Å². The lowest BCUT2D eigenvalue weighted by atomic mass is 9.85. The van der Waals surface area contributed by atoms with Crippen molar-refractivity contribution in [3.63, 3.8) is 0 Å². The molecule has 0 aromatic heterocycles. The SMILES string of the molecule is CCC(C)(CNC1CC1)CN1CCC(C(C)O)CC1. The van der Waals surface area contributed by atoms with Crippen LogP contribution in [0.2, 0.25) is 0 Å². The smallest absolute Gasteiger partial charge is 0.0541 e. The lowest BCUT2D eigenvalue weighted by Crippen LogP contribution is -2.46. The van der Waals surface area contributed by atoms with Crippen molar-refractivity contribution < 1.29 is 5.11 Å². The average molecular weight is 268 g/mol. The highest BCUT2D eigenvalue weighted by molar-refractivity contribution is 4.87. The molecule has 2 N–H and O–H groups in total. The minimum atomic E-state index is -0.128. The van der Waals surface area contributed by atoms with Gasteiger partial charge in [-0.05, 0) is 63.5 Å². The molecule has 2 fully saturated rings. The number of aliphatic hydroxyl groups excluding tert-OH is 1. The largest absolute Gasteiger partial charge is 0.393 e. The van der Waals surface area contributed by atoms with Gasteiger partial charge in [0, 0.05) is 19.1 Å². The number of aliphatic hydroxyl groups is 1. The van der Waals surface area contributed by atoms with Gasteiger partial charge in [-0.25, -0.2) is 0 Å². The van der Waals surface area contributed by atoms with Gasteiger partial charge in [-0.3, -0.25) is 0 Å². The molecule has 1 aliphatic carbocycles. The van der Waals surface area contributed by atoms with E-state index < -0.39 is 0 Å². The fraction of sp³-hybridized carbons (Fsp3) is 1.00. The summed E-state index contributed by atoms with van der Waals surface area (Å²) in [6, 6.07) is 0.812. The van der Waals surface area contributed by atoms with Gasteiger partial charge in [0.15, 0.2) is 0 Å². The van der Waals surface area contributed by atoms with E-state index in [9.17, 15) is 5.11 Å². The zero-order chi connectivity index (χ0) is 13.9. The normalized spacial score (nSPS) is 27.2. The molecule has 19 heavy (non-hydrogen) atoms. The predicted molar refractivity (Wildman–Crippen MR) is 80.3 cm³/mol. The molecule has 2 atom stereocenters. The Morgan fingerprint density at radius 1 is 1.26 bits per heavy atom. The van der Waals surface area contributed by atoms with E-state index in [2.05, 4.69) is 24.1 Å². The molecule has 0 spiro atoms. The number of rotatable bonds is 7. The van der Waals surface area contributed by atoms with E-state index >= 15 is 0 Å². The van der Waals surface area contributed by atoms with Gasteiger partial charge in [-0.2, -0.15) is 0 Å². The summed E-state index contributed by atoms with van der Waals surface area (Å²) in [5, 5.41) is 13.4. The Balaban J connectivity index is 1.74. The number of nitrogens with one attached hydrogen (secondary N) is 1. The van der Waals surface area contributed by atoms with Crippen LogP contribution < -0.4 is 5.32 Å². The second-order valence-electron chi connectivity index (χ2n) is 7.17. The molecule has 3 nitrogen and oxygen atoms in total. The van der Waals surface area contributed by atoms with Crippen LogP contribution in [0.5, 0.6) is 0 Å². The summed E-state index contributed by atoms with van der Waals surface area (Å²) in [5.74, 6) is 0.522. The molecule has 0 amide bonds. The van der Waals surface area contributed by atoms with Gasteiger partial charge in [0.2, 0.25) is 0 Å². The highest BCUT2D eigenvalue weighted by atomic mass is 16.3. The van der Waals surface area contributed by atoms with Crippen molar-refractivity contribution in [2.45, 2.75) is 65.0 Å². The van der Waals surface area contributed by atoms with Crippen molar-refractivity contribution in [2.75, 3.05) is 26.2 Å². The quantitative estimate of drug-likeness (QED) is 0.743. The molecule has 112 valence electrons. The van der Waals surface area contributed by atoms with Gasteiger partial charge < -0.3 is 15.3 Å². The maximum atomic E-state index is 9.67. The van der Waals surface area contributed by atoms with Gasteiger partial charge in [0.1, 0.15) is 0 Å². The Hall–Kier alpha value is -0.120. The first-order valence-corrected chi connectivity index (χ1v) is 8.16. The number of piperidine rings is 1. The molecule has 1 heterocycles. The molecule has 1 aliphatic heterocycles. The van der Waals surface area contributed by atoms with E-state index in [0.29, 0.717) is 11.3 Å². The van der Waals surface area contributed by atoms with Gasteiger partial charge in [-0.1, -0.05) is 13.8 Å². The minimum absolute atomic E-state index is 0.128. The van der Waals surface area contributed by atoms with Crippen molar-refractivity contribution >= 4 is 0 Å². The first kappa shape index (κ1) is 15.3. The van der Waals surface area contributed by atoms with Crippen molar-refractivity contribution in [1.82, 2.24) is 10.2 Å². The molecule has 3 heteroatoms. The van der Waals surface area contributed by atoms with Crippen molar-refractivity contribution in [3.8, 4) is 0 Å². The molecule has 0 bridgehead atoms. The van der Waals surface area contributed by atoms with E-state index in [1.807, 2.05) is 6.92 Å². The van der Waals surface area contributed by atoms with Crippen LogP contribution in [0.25, 0.3) is 0 Å². The van der Waals surface area contributed by atoms with Gasteiger partial charge in [-0.15, -0.1) is 0 Å². The molecular weight excluding hydrogens is 236 g/mol. The first-order valence-electron chi connectivity index (χ1n) is 8.16. The summed E-state index contributed by atoms with van der Waals surface area (Å²) >= 11 is 0. The third-order valence-electron chi connectivity index (χ3n) is 5.17. The summed E-state index contributed by atoms with van der Waals surface area (Å²) in [4.78, 5) is 2.61. The molecule has 2 rings (SSSR count). The lowest BCUT2D eigenvalue weighted by Gasteiger charge is -2.39. The van der Waals surface area contributed by atoms with Crippen molar-refractivity contribution in [3.05, 3.63) is 0 Å². The molecule has 2 unspecified atom stereocenters. The maximum absolute atomic E-state index is 9.67. The van der Waals surface area contributed by atoms with Crippen LogP contribution in [0.4, 0.5) is 0 Å². The predicted octanol–water partition coefficient (Wildman–Crippen LogP) is 2.25. The van der Waals surface area contributed by atoms with Gasteiger partial charge in [0.05, 0.1) is 6.10 Å². The fourth-order valence-electron chi connectivity index (χ4n) is 3.10. The Labute approximate surface area is 118 Å². The highest BCUT2D eigenvalue weighted by Crippen LogP contribution is 2.28. The number of hydrogen-bond donors (Lipinski definition) is 2. The molecule has 0 aromatic carbocycles. The van der Waals surface area contributed by atoms with E-state index in [0.717, 1.165) is 38.5 Å². The zero-order valence-electron chi connectivity index (χ0n) is 13.0. The monoisotopic (exact) mass is 268 g/mol. The maximum Gasteiger partial charge on any atom is 0.0541 e. The topological polar surface area (TPSA) is 35.5 Å². The standard InChI is InChI=1S/C16H32N2O/c1-4-16(3,11-17-15-5-6-15)12-18-9-7-14(8-10-18)13(2)19/h13-15,17,19H,4-12H2,1-3H3. The molecule has 1 saturated heterocycles. The van der Waals surface area contributed by atoms with Gasteiger partial charge >= 0.3 is 0 Å². The third-order valence-corrected chi connectivity index (χ3v) is 5.17. The second kappa shape index (κ2) is 6.55. The van der Waals surface area contributed by atoms with E-state index in [-0.39, 0.29) is 6.10 Å². The molecule has 0 aromatic rings. The summed E-state index contributed by atoms with van der Waals surface area (Å²) in [7, 11) is 0. The minimum Gasteiger partial charge on any atom is -0.393 e. The Morgan fingerprint density at radius 2 is 1.89 bits per heavy atom. The summed E-state index contributed by atoms with van der Waals surface area (Å²) < 4.78 is 0. The number of nitrogens with zero attached hydrogens (tertiary/aromatic N) is 1. The molecule has 2 aliphatic rings. The Morgan fingerprint density at radius 3 is 2.37 bits per heavy atom. The van der Waals surface area contributed by atoms with Crippen molar-refractivity contribution in [2.24, 2.45) is 11.3 Å². The van der Waals surface area contributed by atoms with Crippen LogP contribution in [0.1, 0.15) is 52.9 Å². The first-order chi connectivity index (χ1) is 9.02. The molecule has 0 radical (unpaired) electrons. The lowest BCUT2D eigenvalue weighted by molar-refractivity contribution is 0.0544. The van der Waals surface area contributed by atoms with E-state index in [1.165, 1.54) is 25.8 Å². The van der Waals surface area contributed by atoms with E-state index in [1.54, 1.807) is 0 Å². The number of likely N-dealkylation sites (tertiary alicyclic amines) is 1. The summed E-state index contributed by atoms with van der Waals surface area (Å²) in [6.07, 6.45) is 6.18. The highest BCUT2D eigenvalue weighted by Gasteiger charge is 2.31. The van der Waals surface area contributed by atoms with Crippen LogP contribution >= 0.6 is 0 Å². The van der Waals surface area contributed by atoms with Crippen LogP contribution in [0, 0.1) is 11.3 Å².